The van der Waals surface area contributed by atoms with Crippen LogP contribution in [0.5, 0.6) is 11.5 Å². The fraction of sp³-hybridized carbons (Fsp3) is 0.286. The molecular formula is C21H22F2O4. The van der Waals surface area contributed by atoms with Crippen molar-refractivity contribution in [1.82, 2.24) is 0 Å². The highest BCUT2D eigenvalue weighted by Gasteiger charge is 2.34. The molecule has 0 aliphatic carbocycles. The molecule has 0 unspecified atom stereocenters. The van der Waals surface area contributed by atoms with E-state index in [-0.39, 0.29) is 11.3 Å². The average molecular weight is 376 g/mol. The van der Waals surface area contributed by atoms with E-state index in [0.29, 0.717) is 17.9 Å². The lowest BCUT2D eigenvalue weighted by Crippen LogP contribution is -2.21. The molecule has 0 aliphatic rings. The van der Waals surface area contributed by atoms with Crippen molar-refractivity contribution in [3.8, 4) is 11.5 Å². The number of rotatable bonds is 10. The van der Waals surface area contributed by atoms with Gasteiger partial charge in [0.25, 0.3) is 0 Å². The van der Waals surface area contributed by atoms with E-state index in [1.807, 2.05) is 0 Å². The van der Waals surface area contributed by atoms with Crippen LogP contribution in [0.1, 0.15) is 37.3 Å². The molecule has 144 valence electrons. The summed E-state index contributed by atoms with van der Waals surface area (Å²) >= 11 is 0. The molecule has 0 aromatic heterocycles. The van der Waals surface area contributed by atoms with Gasteiger partial charge in [-0.3, -0.25) is 0 Å². The fourth-order valence-corrected chi connectivity index (χ4v) is 2.31. The summed E-state index contributed by atoms with van der Waals surface area (Å²) in [6.07, 6.45) is 1.91. The number of carboxylic acid groups (broad SMARTS) is 1. The van der Waals surface area contributed by atoms with E-state index in [1.165, 1.54) is 54.6 Å². The molecule has 2 rings (SSSR count). The second kappa shape index (κ2) is 9.71. The first-order valence-electron chi connectivity index (χ1n) is 8.72. The second-order valence-corrected chi connectivity index (χ2v) is 5.94. The number of ether oxygens (including phenoxy) is 2. The lowest BCUT2D eigenvalue weighted by molar-refractivity contribution is -0.185. The SMILES string of the molecule is CCCCCOc1ccc(C(F)(F)Oc2ccc(/C=C/C(=O)O)cc2)cc1. The Hall–Kier alpha value is -2.89. The van der Waals surface area contributed by atoms with E-state index >= 15 is 0 Å². The zero-order valence-electron chi connectivity index (χ0n) is 15.0. The van der Waals surface area contributed by atoms with Gasteiger partial charge in [0.2, 0.25) is 0 Å². The molecule has 0 atom stereocenters. The molecule has 0 spiro atoms. The molecule has 6 heteroatoms. The van der Waals surface area contributed by atoms with Crippen LogP contribution >= 0.6 is 0 Å². The Morgan fingerprint density at radius 2 is 1.67 bits per heavy atom. The Morgan fingerprint density at radius 3 is 2.26 bits per heavy atom. The maximum absolute atomic E-state index is 14.3. The number of halogens is 2. The first kappa shape index (κ1) is 20.4. The van der Waals surface area contributed by atoms with Crippen molar-refractivity contribution in [2.45, 2.75) is 32.3 Å². The van der Waals surface area contributed by atoms with E-state index < -0.39 is 12.1 Å². The topological polar surface area (TPSA) is 55.8 Å². The lowest BCUT2D eigenvalue weighted by Gasteiger charge is -2.18. The van der Waals surface area contributed by atoms with Crippen molar-refractivity contribution in [3.63, 3.8) is 0 Å². The molecule has 0 aliphatic heterocycles. The van der Waals surface area contributed by atoms with Crippen LogP contribution in [0.2, 0.25) is 0 Å². The molecule has 2 aromatic rings. The van der Waals surface area contributed by atoms with Crippen LogP contribution in [-0.4, -0.2) is 17.7 Å². The minimum atomic E-state index is -3.50. The maximum Gasteiger partial charge on any atom is 0.426 e. The zero-order chi connectivity index (χ0) is 19.7. The smallest absolute Gasteiger partial charge is 0.426 e. The number of carbonyl (C=O) groups is 1. The van der Waals surface area contributed by atoms with E-state index in [1.54, 1.807) is 0 Å². The molecule has 0 amide bonds. The predicted molar refractivity (Wildman–Crippen MR) is 99.1 cm³/mol. The third-order valence-corrected chi connectivity index (χ3v) is 3.75. The third kappa shape index (κ3) is 6.73. The van der Waals surface area contributed by atoms with Gasteiger partial charge in [0.05, 0.1) is 12.2 Å². The van der Waals surface area contributed by atoms with Crippen LogP contribution in [0.4, 0.5) is 8.78 Å². The quantitative estimate of drug-likeness (QED) is 0.441. The van der Waals surface area contributed by atoms with Crippen LogP contribution in [0.3, 0.4) is 0 Å². The molecular weight excluding hydrogens is 354 g/mol. The van der Waals surface area contributed by atoms with Gasteiger partial charge in [-0.15, -0.1) is 0 Å². The second-order valence-electron chi connectivity index (χ2n) is 5.94. The minimum absolute atomic E-state index is 0.0210. The third-order valence-electron chi connectivity index (χ3n) is 3.75. The fourth-order valence-electron chi connectivity index (χ4n) is 2.31. The van der Waals surface area contributed by atoms with Crippen LogP contribution < -0.4 is 9.47 Å². The predicted octanol–water partition coefficient (Wildman–Crippen LogP) is 5.48. The first-order valence-corrected chi connectivity index (χ1v) is 8.72. The molecule has 1 N–H and O–H groups in total. The van der Waals surface area contributed by atoms with Gasteiger partial charge in [-0.05, 0) is 54.5 Å². The summed E-state index contributed by atoms with van der Waals surface area (Å²) in [5, 5.41) is 8.58. The summed E-state index contributed by atoms with van der Waals surface area (Å²) in [7, 11) is 0. The highest BCUT2D eigenvalue weighted by molar-refractivity contribution is 5.85. The molecule has 2 aromatic carbocycles. The van der Waals surface area contributed by atoms with E-state index in [9.17, 15) is 13.6 Å². The van der Waals surface area contributed by atoms with Crippen molar-refractivity contribution in [2.24, 2.45) is 0 Å². The highest BCUT2D eigenvalue weighted by atomic mass is 19.3. The van der Waals surface area contributed by atoms with Crippen LogP contribution in [0.15, 0.2) is 54.6 Å². The minimum Gasteiger partial charge on any atom is -0.494 e. The molecule has 0 saturated heterocycles. The molecule has 0 bridgehead atoms. The van der Waals surface area contributed by atoms with Gasteiger partial charge in [0.1, 0.15) is 11.5 Å². The number of hydrogen-bond acceptors (Lipinski definition) is 3. The molecule has 27 heavy (non-hydrogen) atoms. The zero-order valence-corrected chi connectivity index (χ0v) is 15.0. The number of alkyl halides is 2. The van der Waals surface area contributed by atoms with Gasteiger partial charge in [0, 0.05) is 6.08 Å². The monoisotopic (exact) mass is 376 g/mol. The average Bonchev–Trinajstić information content (AvgIpc) is 2.65. The molecule has 0 heterocycles. The number of hydrogen-bond donors (Lipinski definition) is 1. The van der Waals surface area contributed by atoms with Crippen molar-refractivity contribution < 1.29 is 28.2 Å². The van der Waals surface area contributed by atoms with Crippen LogP contribution in [0.25, 0.3) is 6.08 Å². The Bertz CT molecular complexity index is 753. The molecule has 0 fully saturated rings. The number of aliphatic carboxylic acids is 1. The summed E-state index contributed by atoms with van der Waals surface area (Å²) in [5.41, 5.74) is 0.288. The largest absolute Gasteiger partial charge is 0.494 e. The van der Waals surface area contributed by atoms with Crippen LogP contribution in [-0.2, 0) is 10.9 Å². The maximum atomic E-state index is 14.3. The van der Waals surface area contributed by atoms with Crippen molar-refractivity contribution in [2.75, 3.05) is 6.61 Å². The van der Waals surface area contributed by atoms with Gasteiger partial charge in [-0.25, -0.2) is 4.79 Å². The lowest BCUT2D eigenvalue weighted by atomic mass is 10.2. The van der Waals surface area contributed by atoms with Gasteiger partial charge in [-0.1, -0.05) is 31.9 Å². The van der Waals surface area contributed by atoms with Gasteiger partial charge >= 0.3 is 12.1 Å². The normalized spacial score (nSPS) is 11.5. The van der Waals surface area contributed by atoms with Gasteiger partial charge < -0.3 is 14.6 Å². The van der Waals surface area contributed by atoms with Crippen molar-refractivity contribution >= 4 is 12.0 Å². The number of unbranched alkanes of at least 4 members (excludes halogenated alkanes) is 2. The number of benzene rings is 2. The standard InChI is InChI=1S/C21H22F2O4/c1-2-3-4-15-26-18-12-8-17(9-13-18)21(22,23)27-19-10-5-16(6-11-19)7-14-20(24)25/h5-14H,2-4,15H2,1H3,(H,24,25)/b14-7+. The van der Waals surface area contributed by atoms with Crippen molar-refractivity contribution in [1.29, 1.82) is 0 Å². The molecule has 4 nitrogen and oxygen atoms in total. The van der Waals surface area contributed by atoms with E-state index in [0.717, 1.165) is 25.3 Å². The first-order chi connectivity index (χ1) is 12.9. The van der Waals surface area contributed by atoms with E-state index in [2.05, 4.69) is 6.92 Å². The van der Waals surface area contributed by atoms with Crippen LogP contribution in [0, 0.1) is 0 Å². The summed E-state index contributed by atoms with van der Waals surface area (Å²) in [6.45, 7) is 2.65. The van der Waals surface area contributed by atoms with E-state index in [4.69, 9.17) is 14.6 Å². The molecule has 0 saturated carbocycles. The Balaban J connectivity index is 1.97. The Labute approximate surface area is 157 Å². The Kier molecular flexibility index (Phi) is 7.34. The van der Waals surface area contributed by atoms with Crippen molar-refractivity contribution in [3.05, 3.63) is 65.7 Å². The summed E-state index contributed by atoms with van der Waals surface area (Å²) in [4.78, 5) is 10.5. The van der Waals surface area contributed by atoms with Gasteiger partial charge in [0.15, 0.2) is 0 Å². The summed E-state index contributed by atoms with van der Waals surface area (Å²) < 4.78 is 39.0. The highest BCUT2D eigenvalue weighted by Crippen LogP contribution is 2.32. The molecule has 0 radical (unpaired) electrons. The van der Waals surface area contributed by atoms with Gasteiger partial charge in [-0.2, -0.15) is 8.78 Å². The Morgan fingerprint density at radius 1 is 1.04 bits per heavy atom. The summed E-state index contributed by atoms with van der Waals surface area (Å²) in [5.74, 6) is -0.563. The summed E-state index contributed by atoms with van der Waals surface area (Å²) in [6, 6.07) is 11.3. The number of carboxylic acids is 1.